The summed E-state index contributed by atoms with van der Waals surface area (Å²) in [5.74, 6) is 3.66. The summed E-state index contributed by atoms with van der Waals surface area (Å²) >= 11 is 0. The third-order valence-corrected chi connectivity index (χ3v) is 5.92. The lowest BCUT2D eigenvalue weighted by molar-refractivity contribution is 0.171. The second-order valence-corrected chi connectivity index (χ2v) is 7.54. The zero-order chi connectivity index (χ0) is 20.0. The third-order valence-electron chi connectivity index (χ3n) is 5.92. The maximum atomic E-state index is 10.5. The second kappa shape index (κ2) is 7.00. The minimum absolute atomic E-state index is 0.0692. The van der Waals surface area contributed by atoms with E-state index in [1.807, 2.05) is 6.07 Å². The molecular formula is C22H26O6. The molecule has 6 nitrogen and oxygen atoms in total. The highest BCUT2D eigenvalue weighted by atomic mass is 16.7. The Labute approximate surface area is 164 Å². The Morgan fingerprint density at radius 3 is 2.00 bits per heavy atom. The van der Waals surface area contributed by atoms with Gasteiger partial charge < -0.3 is 28.8 Å². The average Bonchev–Trinajstić information content (AvgIpc) is 3.14. The van der Waals surface area contributed by atoms with Gasteiger partial charge >= 0.3 is 0 Å². The Bertz CT molecular complexity index is 903. The van der Waals surface area contributed by atoms with Crippen molar-refractivity contribution in [1.29, 1.82) is 0 Å². The van der Waals surface area contributed by atoms with Crippen LogP contribution < -0.4 is 23.7 Å². The van der Waals surface area contributed by atoms with Crippen molar-refractivity contribution in [3.05, 3.63) is 23.3 Å². The van der Waals surface area contributed by atoms with E-state index in [2.05, 4.69) is 13.8 Å². The van der Waals surface area contributed by atoms with Crippen molar-refractivity contribution in [2.24, 2.45) is 11.8 Å². The summed E-state index contributed by atoms with van der Waals surface area (Å²) in [4.78, 5) is 0. The van der Waals surface area contributed by atoms with Crippen LogP contribution in [0.2, 0.25) is 0 Å². The van der Waals surface area contributed by atoms with Gasteiger partial charge in [0.1, 0.15) is 0 Å². The van der Waals surface area contributed by atoms with E-state index >= 15 is 0 Å². The monoisotopic (exact) mass is 386 g/mol. The first-order valence-corrected chi connectivity index (χ1v) is 9.46. The quantitative estimate of drug-likeness (QED) is 0.853. The number of hydrogen-bond acceptors (Lipinski definition) is 6. The molecule has 2 aliphatic rings. The van der Waals surface area contributed by atoms with E-state index in [1.54, 1.807) is 20.3 Å². The van der Waals surface area contributed by atoms with Crippen LogP contribution in [0, 0.1) is 11.8 Å². The molecule has 1 aliphatic heterocycles. The molecule has 0 bridgehead atoms. The number of benzene rings is 2. The molecule has 0 fully saturated rings. The maximum absolute atomic E-state index is 10.5. The van der Waals surface area contributed by atoms with Crippen molar-refractivity contribution in [2.75, 3.05) is 28.1 Å². The number of methoxy groups -OCH3 is 3. The number of phenols is 1. The van der Waals surface area contributed by atoms with Gasteiger partial charge in [0, 0.05) is 11.1 Å². The number of hydrogen-bond donors (Lipinski definition) is 1. The van der Waals surface area contributed by atoms with E-state index in [-0.39, 0.29) is 12.5 Å². The van der Waals surface area contributed by atoms with Gasteiger partial charge in [0.2, 0.25) is 18.3 Å². The smallest absolute Gasteiger partial charge is 0.231 e. The highest BCUT2D eigenvalue weighted by molar-refractivity contribution is 5.88. The van der Waals surface area contributed by atoms with Crippen molar-refractivity contribution in [2.45, 2.75) is 26.7 Å². The number of aromatic hydroxyl groups is 1. The largest absolute Gasteiger partial charge is 0.504 e. The van der Waals surface area contributed by atoms with Gasteiger partial charge in [-0.05, 0) is 47.9 Å². The fourth-order valence-corrected chi connectivity index (χ4v) is 4.29. The molecule has 0 saturated heterocycles. The topological polar surface area (TPSA) is 66.4 Å². The van der Waals surface area contributed by atoms with Crippen molar-refractivity contribution in [3.63, 3.8) is 0 Å². The Hall–Kier alpha value is -2.76. The fraction of sp³-hybridized carbons (Fsp3) is 0.455. The molecule has 0 amide bonds. The lowest BCUT2D eigenvalue weighted by Gasteiger charge is -2.29. The van der Waals surface area contributed by atoms with Crippen LogP contribution in [0.15, 0.2) is 12.1 Å². The molecule has 4 rings (SSSR count). The number of rotatable bonds is 3. The first-order valence-electron chi connectivity index (χ1n) is 9.46. The average molecular weight is 386 g/mol. The Morgan fingerprint density at radius 2 is 1.39 bits per heavy atom. The van der Waals surface area contributed by atoms with Crippen LogP contribution in [-0.2, 0) is 12.8 Å². The zero-order valence-electron chi connectivity index (χ0n) is 16.9. The van der Waals surface area contributed by atoms with Gasteiger partial charge in [0.15, 0.2) is 23.0 Å². The normalized spacial score (nSPS) is 19.9. The predicted molar refractivity (Wildman–Crippen MR) is 105 cm³/mol. The van der Waals surface area contributed by atoms with Crippen LogP contribution in [0.5, 0.6) is 34.5 Å². The number of phenolic OH excluding ortho intramolecular Hbond substituents is 1. The van der Waals surface area contributed by atoms with Gasteiger partial charge in [-0.1, -0.05) is 13.8 Å². The van der Waals surface area contributed by atoms with E-state index in [9.17, 15) is 5.11 Å². The SMILES string of the molecule is COc1c(O)cc2c(c1OC)-c1c(cc3c(c1OC)OCO3)C[C@H](C)[C@@H](C)C2. The summed E-state index contributed by atoms with van der Waals surface area (Å²) in [7, 11) is 4.74. The minimum atomic E-state index is 0.0692. The van der Waals surface area contributed by atoms with Gasteiger partial charge in [-0.3, -0.25) is 0 Å². The van der Waals surface area contributed by atoms with Gasteiger partial charge in [-0.15, -0.1) is 0 Å². The summed E-state index contributed by atoms with van der Waals surface area (Å²) in [6.45, 7) is 4.65. The van der Waals surface area contributed by atoms with E-state index in [0.717, 1.165) is 35.1 Å². The molecule has 0 radical (unpaired) electrons. The lowest BCUT2D eigenvalue weighted by Crippen LogP contribution is -2.18. The summed E-state index contributed by atoms with van der Waals surface area (Å²) in [6, 6.07) is 3.82. The summed E-state index contributed by atoms with van der Waals surface area (Å²) in [6.07, 6.45) is 1.68. The number of ether oxygens (including phenoxy) is 5. The molecule has 0 aromatic heterocycles. The third kappa shape index (κ3) is 2.70. The van der Waals surface area contributed by atoms with Gasteiger partial charge in [0.05, 0.1) is 21.3 Å². The summed E-state index contributed by atoms with van der Waals surface area (Å²) < 4.78 is 28.4. The van der Waals surface area contributed by atoms with Gasteiger partial charge in [-0.2, -0.15) is 0 Å². The molecular weight excluding hydrogens is 360 g/mol. The summed E-state index contributed by atoms with van der Waals surface area (Å²) in [5.41, 5.74) is 3.89. The van der Waals surface area contributed by atoms with Crippen LogP contribution in [-0.4, -0.2) is 33.2 Å². The number of fused-ring (bicyclic) bond motifs is 4. The Morgan fingerprint density at radius 1 is 0.821 bits per heavy atom. The highest BCUT2D eigenvalue weighted by Crippen LogP contribution is 2.56. The van der Waals surface area contributed by atoms with Crippen LogP contribution in [0.3, 0.4) is 0 Å². The van der Waals surface area contributed by atoms with Crippen LogP contribution in [0.1, 0.15) is 25.0 Å². The van der Waals surface area contributed by atoms with Crippen LogP contribution in [0.4, 0.5) is 0 Å². The van der Waals surface area contributed by atoms with Crippen molar-refractivity contribution >= 4 is 0 Å². The Balaban J connectivity index is 2.12. The second-order valence-electron chi connectivity index (χ2n) is 7.54. The first kappa shape index (κ1) is 18.6. The molecule has 2 atom stereocenters. The molecule has 1 aliphatic carbocycles. The predicted octanol–water partition coefficient (Wildman–Crippen LogP) is 4.18. The lowest BCUT2D eigenvalue weighted by atomic mass is 9.77. The van der Waals surface area contributed by atoms with E-state index in [4.69, 9.17) is 23.7 Å². The van der Waals surface area contributed by atoms with Crippen LogP contribution >= 0.6 is 0 Å². The standard InChI is InChI=1S/C22H26O6/c1-11-6-13-8-15(23)19(24-3)21(25-4)17(13)18-14(7-12(11)2)9-16-20(22(18)26-5)28-10-27-16/h8-9,11-12,23H,6-7,10H2,1-5H3/t11-,12-/m0/s1. The van der Waals surface area contributed by atoms with Crippen LogP contribution in [0.25, 0.3) is 11.1 Å². The maximum Gasteiger partial charge on any atom is 0.231 e. The molecule has 150 valence electrons. The molecule has 28 heavy (non-hydrogen) atoms. The minimum Gasteiger partial charge on any atom is -0.504 e. The van der Waals surface area contributed by atoms with Crippen molar-refractivity contribution < 1.29 is 28.8 Å². The van der Waals surface area contributed by atoms with E-state index < -0.39 is 0 Å². The highest BCUT2D eigenvalue weighted by Gasteiger charge is 2.34. The van der Waals surface area contributed by atoms with Crippen molar-refractivity contribution in [1.82, 2.24) is 0 Å². The molecule has 0 spiro atoms. The molecule has 6 heteroatoms. The fourth-order valence-electron chi connectivity index (χ4n) is 4.29. The molecule has 1 heterocycles. The molecule has 1 N–H and O–H groups in total. The zero-order valence-corrected chi connectivity index (χ0v) is 16.9. The van der Waals surface area contributed by atoms with Crippen molar-refractivity contribution in [3.8, 4) is 45.6 Å². The first-order chi connectivity index (χ1) is 13.5. The van der Waals surface area contributed by atoms with Gasteiger partial charge in [-0.25, -0.2) is 0 Å². The molecule has 2 aromatic carbocycles. The van der Waals surface area contributed by atoms with E-state index in [1.165, 1.54) is 7.11 Å². The molecule has 2 aromatic rings. The van der Waals surface area contributed by atoms with E-state index in [0.29, 0.717) is 40.6 Å². The Kier molecular flexibility index (Phi) is 4.65. The molecule has 0 unspecified atom stereocenters. The molecule has 0 saturated carbocycles. The summed E-state index contributed by atoms with van der Waals surface area (Å²) in [5, 5.41) is 10.5. The van der Waals surface area contributed by atoms with Gasteiger partial charge in [0.25, 0.3) is 0 Å².